The largest absolute Gasteiger partial charge is 0.472 e. The minimum atomic E-state index is -0.0378. The van der Waals surface area contributed by atoms with Crippen LogP contribution in [0.3, 0.4) is 0 Å². The Morgan fingerprint density at radius 2 is 1.81 bits per heavy atom. The highest BCUT2D eigenvalue weighted by molar-refractivity contribution is 5.96. The second-order valence-corrected chi connectivity index (χ2v) is 7.01. The first-order chi connectivity index (χ1) is 12.5. The van der Waals surface area contributed by atoms with Gasteiger partial charge in [-0.25, -0.2) is 0 Å². The molecule has 138 valence electrons. The molecule has 1 fully saturated rings. The minimum absolute atomic E-state index is 0.0219. The Labute approximate surface area is 154 Å². The maximum Gasteiger partial charge on any atom is 0.257 e. The summed E-state index contributed by atoms with van der Waals surface area (Å²) < 4.78 is 4.99. The van der Waals surface area contributed by atoms with Gasteiger partial charge in [-0.05, 0) is 62.9 Å². The lowest BCUT2D eigenvalue weighted by Gasteiger charge is -2.34. The van der Waals surface area contributed by atoms with E-state index in [0.29, 0.717) is 38.0 Å². The van der Waals surface area contributed by atoms with Crippen molar-refractivity contribution in [3.05, 3.63) is 53.5 Å². The molecule has 5 heteroatoms. The first-order valence-corrected chi connectivity index (χ1v) is 9.20. The molecule has 1 aliphatic rings. The van der Waals surface area contributed by atoms with Crippen LogP contribution in [0.5, 0.6) is 0 Å². The Kier molecular flexibility index (Phi) is 5.45. The van der Waals surface area contributed by atoms with Crippen LogP contribution in [0.2, 0.25) is 0 Å². The minimum Gasteiger partial charge on any atom is -0.472 e. The number of aryl methyl sites for hydroxylation is 2. The maximum atomic E-state index is 13.1. The summed E-state index contributed by atoms with van der Waals surface area (Å²) in [5.74, 6) is 0.100. The van der Waals surface area contributed by atoms with Crippen LogP contribution in [0, 0.1) is 19.8 Å². The Morgan fingerprint density at radius 3 is 2.35 bits per heavy atom. The molecular weight excluding hydrogens is 328 g/mol. The topological polar surface area (TPSA) is 53.8 Å². The third kappa shape index (κ3) is 3.82. The molecule has 0 atom stereocenters. The summed E-state index contributed by atoms with van der Waals surface area (Å²) in [5, 5.41) is 0. The number of piperidine rings is 1. The Bertz CT molecular complexity index is 754. The molecule has 0 N–H and O–H groups in total. The summed E-state index contributed by atoms with van der Waals surface area (Å²) in [6.45, 7) is 7.96. The van der Waals surface area contributed by atoms with Gasteiger partial charge in [0.1, 0.15) is 6.26 Å². The molecule has 2 aromatic rings. The van der Waals surface area contributed by atoms with E-state index >= 15 is 0 Å². The molecule has 0 saturated carbocycles. The van der Waals surface area contributed by atoms with E-state index in [1.807, 2.05) is 16.7 Å². The standard InChI is InChI=1S/C21H26N2O3/c1-4-23(19-12-15(2)11-16(3)13-19)21(25)17-5-8-22(9-6-17)20(24)18-7-10-26-14-18/h7,10-14,17H,4-6,8-9H2,1-3H3. The van der Waals surface area contributed by atoms with Gasteiger partial charge < -0.3 is 14.2 Å². The smallest absolute Gasteiger partial charge is 0.257 e. The Morgan fingerprint density at radius 1 is 1.15 bits per heavy atom. The molecule has 1 saturated heterocycles. The Hall–Kier alpha value is -2.56. The van der Waals surface area contributed by atoms with Crippen LogP contribution >= 0.6 is 0 Å². The molecule has 5 nitrogen and oxygen atoms in total. The summed E-state index contributed by atoms with van der Waals surface area (Å²) in [7, 11) is 0. The van der Waals surface area contributed by atoms with Crippen molar-refractivity contribution >= 4 is 17.5 Å². The van der Waals surface area contributed by atoms with Gasteiger partial charge in [-0.1, -0.05) is 6.07 Å². The number of nitrogens with zero attached hydrogens (tertiary/aromatic N) is 2. The molecule has 2 amide bonds. The molecule has 1 aliphatic heterocycles. The number of likely N-dealkylation sites (tertiary alicyclic amines) is 1. The van der Waals surface area contributed by atoms with Gasteiger partial charge in [-0.2, -0.15) is 0 Å². The Balaban J connectivity index is 1.66. The number of rotatable bonds is 4. The van der Waals surface area contributed by atoms with E-state index < -0.39 is 0 Å². The molecule has 3 rings (SSSR count). The van der Waals surface area contributed by atoms with Crippen LogP contribution in [0.4, 0.5) is 5.69 Å². The average molecular weight is 354 g/mol. The summed E-state index contributed by atoms with van der Waals surface area (Å²) in [5.41, 5.74) is 3.85. The summed E-state index contributed by atoms with van der Waals surface area (Å²) in [6, 6.07) is 7.91. The second kappa shape index (κ2) is 7.77. The van der Waals surface area contributed by atoms with E-state index in [9.17, 15) is 9.59 Å². The lowest BCUT2D eigenvalue weighted by atomic mass is 9.94. The first-order valence-electron chi connectivity index (χ1n) is 9.20. The highest BCUT2D eigenvalue weighted by Crippen LogP contribution is 2.26. The molecule has 1 aromatic carbocycles. The van der Waals surface area contributed by atoms with Gasteiger partial charge in [0.2, 0.25) is 5.91 Å². The fourth-order valence-electron chi connectivity index (χ4n) is 3.69. The number of hydrogen-bond acceptors (Lipinski definition) is 3. The van der Waals surface area contributed by atoms with Crippen molar-refractivity contribution in [1.29, 1.82) is 0 Å². The van der Waals surface area contributed by atoms with Gasteiger partial charge in [-0.3, -0.25) is 9.59 Å². The van der Waals surface area contributed by atoms with Crippen molar-refractivity contribution < 1.29 is 14.0 Å². The number of furan rings is 1. The lowest BCUT2D eigenvalue weighted by molar-refractivity contribution is -0.123. The van der Waals surface area contributed by atoms with Crippen molar-refractivity contribution in [2.45, 2.75) is 33.6 Å². The average Bonchev–Trinajstić information content (AvgIpc) is 3.15. The molecule has 2 heterocycles. The number of benzene rings is 1. The predicted molar refractivity (Wildman–Crippen MR) is 101 cm³/mol. The van der Waals surface area contributed by atoms with Crippen LogP contribution in [0.15, 0.2) is 41.2 Å². The number of carbonyl (C=O) groups is 2. The van der Waals surface area contributed by atoms with Crippen LogP contribution < -0.4 is 4.90 Å². The third-order valence-electron chi connectivity index (χ3n) is 5.00. The molecule has 0 bridgehead atoms. The molecule has 1 aromatic heterocycles. The first kappa shape index (κ1) is 18.2. The van der Waals surface area contributed by atoms with Gasteiger partial charge in [0.05, 0.1) is 11.8 Å². The molecule has 0 unspecified atom stereocenters. The van der Waals surface area contributed by atoms with E-state index in [4.69, 9.17) is 4.42 Å². The predicted octanol–water partition coefficient (Wildman–Crippen LogP) is 3.80. The molecule has 0 aliphatic carbocycles. The summed E-state index contributed by atoms with van der Waals surface area (Å²) in [4.78, 5) is 29.1. The zero-order valence-corrected chi connectivity index (χ0v) is 15.7. The maximum absolute atomic E-state index is 13.1. The highest BCUT2D eigenvalue weighted by Gasteiger charge is 2.31. The van der Waals surface area contributed by atoms with Gasteiger partial charge in [-0.15, -0.1) is 0 Å². The zero-order valence-electron chi connectivity index (χ0n) is 15.7. The van der Waals surface area contributed by atoms with Crippen molar-refractivity contribution in [3.8, 4) is 0 Å². The van der Waals surface area contributed by atoms with Crippen molar-refractivity contribution in [3.63, 3.8) is 0 Å². The fraction of sp³-hybridized carbons (Fsp3) is 0.429. The monoisotopic (exact) mass is 354 g/mol. The van der Waals surface area contributed by atoms with Gasteiger partial charge in [0.15, 0.2) is 0 Å². The van der Waals surface area contributed by atoms with Crippen LogP contribution in [0.1, 0.15) is 41.3 Å². The fourth-order valence-corrected chi connectivity index (χ4v) is 3.69. The van der Waals surface area contributed by atoms with Crippen LogP contribution in [-0.4, -0.2) is 36.3 Å². The number of carbonyl (C=O) groups excluding carboxylic acids is 2. The number of anilines is 1. The third-order valence-corrected chi connectivity index (χ3v) is 5.00. The van der Waals surface area contributed by atoms with Gasteiger partial charge >= 0.3 is 0 Å². The van der Waals surface area contributed by atoms with E-state index in [-0.39, 0.29) is 17.7 Å². The van der Waals surface area contributed by atoms with Crippen LogP contribution in [-0.2, 0) is 4.79 Å². The summed E-state index contributed by atoms with van der Waals surface area (Å²) >= 11 is 0. The number of amides is 2. The number of hydrogen-bond donors (Lipinski definition) is 0. The second-order valence-electron chi connectivity index (χ2n) is 7.01. The van der Waals surface area contributed by atoms with E-state index in [1.165, 1.54) is 12.5 Å². The highest BCUT2D eigenvalue weighted by atomic mass is 16.3. The quantitative estimate of drug-likeness (QED) is 0.839. The summed E-state index contributed by atoms with van der Waals surface area (Å²) in [6.07, 6.45) is 4.37. The van der Waals surface area contributed by atoms with Gasteiger partial charge in [0.25, 0.3) is 5.91 Å². The zero-order chi connectivity index (χ0) is 18.7. The van der Waals surface area contributed by atoms with Crippen LogP contribution in [0.25, 0.3) is 0 Å². The van der Waals surface area contributed by atoms with Crippen molar-refractivity contribution in [2.24, 2.45) is 5.92 Å². The van der Waals surface area contributed by atoms with E-state index in [2.05, 4.69) is 32.0 Å². The SMILES string of the molecule is CCN(C(=O)C1CCN(C(=O)c2ccoc2)CC1)c1cc(C)cc(C)c1. The van der Waals surface area contributed by atoms with Crippen molar-refractivity contribution in [1.82, 2.24) is 4.90 Å². The van der Waals surface area contributed by atoms with Gasteiger partial charge in [0, 0.05) is 31.2 Å². The molecular formula is C21H26N2O3. The normalized spacial score (nSPS) is 15.1. The van der Waals surface area contributed by atoms with Crippen molar-refractivity contribution in [2.75, 3.05) is 24.5 Å². The molecule has 0 radical (unpaired) electrons. The van der Waals surface area contributed by atoms with E-state index in [1.54, 1.807) is 6.07 Å². The lowest BCUT2D eigenvalue weighted by Crippen LogP contribution is -2.44. The molecule has 26 heavy (non-hydrogen) atoms. The van der Waals surface area contributed by atoms with E-state index in [0.717, 1.165) is 16.8 Å². The molecule has 0 spiro atoms.